The van der Waals surface area contributed by atoms with E-state index < -0.39 is 17.8 Å². The minimum atomic E-state index is -4.70. The summed E-state index contributed by atoms with van der Waals surface area (Å²) in [5.74, 6) is -1.86. The second kappa shape index (κ2) is 7.98. The van der Waals surface area contributed by atoms with Gasteiger partial charge in [0, 0.05) is 41.3 Å². The van der Waals surface area contributed by atoms with Gasteiger partial charge in [0.25, 0.3) is 0 Å². The smallest absolute Gasteiger partial charge is 0.438 e. The van der Waals surface area contributed by atoms with Crippen LogP contribution in [0.1, 0.15) is 5.82 Å². The molecule has 4 aromatic rings. The van der Waals surface area contributed by atoms with Crippen molar-refractivity contribution in [2.24, 2.45) is 0 Å². The highest BCUT2D eigenvalue weighted by atomic mass is 19.4. The second-order valence-corrected chi connectivity index (χ2v) is 6.34. The number of rotatable bonds is 4. The van der Waals surface area contributed by atoms with E-state index in [9.17, 15) is 17.6 Å². The quantitative estimate of drug-likeness (QED) is 0.454. The number of hydrogen-bond donors (Lipinski definition) is 1. The SMILES string of the molecule is Nc1ncc(-c2ccc(-c3ccccc3Oc3ccnc(C(F)(F)F)n3)cc2F)cn1. The Balaban J connectivity index is 1.68. The molecule has 0 atom stereocenters. The lowest BCUT2D eigenvalue weighted by atomic mass is 10.0. The van der Waals surface area contributed by atoms with Crippen LogP contribution in [-0.2, 0) is 6.18 Å². The van der Waals surface area contributed by atoms with E-state index in [1.807, 2.05) is 0 Å². The molecule has 4 rings (SSSR count). The summed E-state index contributed by atoms with van der Waals surface area (Å²) in [6.07, 6.45) is -0.934. The first-order chi connectivity index (χ1) is 14.8. The van der Waals surface area contributed by atoms with Crippen molar-refractivity contribution < 1.29 is 22.3 Å². The molecule has 0 unspecified atom stereocenters. The van der Waals surface area contributed by atoms with Gasteiger partial charge in [0.15, 0.2) is 0 Å². The molecule has 0 amide bonds. The fourth-order valence-corrected chi connectivity index (χ4v) is 2.84. The lowest BCUT2D eigenvalue weighted by Gasteiger charge is -2.13. The molecule has 0 saturated heterocycles. The zero-order valence-corrected chi connectivity index (χ0v) is 15.6. The molecule has 156 valence electrons. The molecule has 10 heteroatoms. The Morgan fingerprint density at radius 3 is 2.29 bits per heavy atom. The zero-order valence-electron chi connectivity index (χ0n) is 15.6. The summed E-state index contributed by atoms with van der Waals surface area (Å²) in [7, 11) is 0. The Bertz CT molecular complexity index is 1230. The number of halogens is 4. The van der Waals surface area contributed by atoms with E-state index in [4.69, 9.17) is 10.5 Å². The Morgan fingerprint density at radius 2 is 1.58 bits per heavy atom. The van der Waals surface area contributed by atoms with Crippen molar-refractivity contribution in [3.8, 4) is 33.9 Å². The first-order valence-corrected chi connectivity index (χ1v) is 8.86. The molecule has 0 aliphatic rings. The van der Waals surface area contributed by atoms with Crippen molar-refractivity contribution in [1.82, 2.24) is 19.9 Å². The molecule has 0 fully saturated rings. The molecule has 2 heterocycles. The minimum absolute atomic E-state index is 0.0743. The Kier molecular flexibility index (Phi) is 5.20. The van der Waals surface area contributed by atoms with E-state index in [-0.39, 0.29) is 23.1 Å². The third-order valence-electron chi connectivity index (χ3n) is 4.25. The van der Waals surface area contributed by atoms with E-state index in [1.165, 1.54) is 24.5 Å². The highest BCUT2D eigenvalue weighted by Crippen LogP contribution is 2.35. The highest BCUT2D eigenvalue weighted by molar-refractivity contribution is 5.74. The summed E-state index contributed by atoms with van der Waals surface area (Å²) in [4.78, 5) is 14.3. The number of nitrogens with zero attached hydrogens (tertiary/aromatic N) is 4. The molecule has 2 aromatic carbocycles. The highest BCUT2D eigenvalue weighted by Gasteiger charge is 2.35. The number of nitrogens with two attached hydrogens (primary N) is 1. The molecular weight excluding hydrogens is 414 g/mol. The first kappa shape index (κ1) is 20.2. The average Bonchev–Trinajstić information content (AvgIpc) is 2.74. The van der Waals surface area contributed by atoms with Crippen LogP contribution in [0.5, 0.6) is 11.6 Å². The van der Waals surface area contributed by atoms with Gasteiger partial charge in [0.1, 0.15) is 11.6 Å². The van der Waals surface area contributed by atoms with Crippen LogP contribution in [0, 0.1) is 5.82 Å². The Hall–Kier alpha value is -4.08. The van der Waals surface area contributed by atoms with E-state index >= 15 is 0 Å². The molecule has 2 aromatic heterocycles. The maximum Gasteiger partial charge on any atom is 0.451 e. The fourth-order valence-electron chi connectivity index (χ4n) is 2.84. The van der Waals surface area contributed by atoms with Gasteiger partial charge in [0.2, 0.25) is 17.7 Å². The number of aromatic nitrogens is 4. The van der Waals surface area contributed by atoms with Crippen molar-refractivity contribution in [1.29, 1.82) is 0 Å². The largest absolute Gasteiger partial charge is 0.451 e. The predicted octanol–water partition coefficient (Wildman–Crippen LogP) is 5.13. The van der Waals surface area contributed by atoms with E-state index in [1.54, 1.807) is 36.4 Å². The van der Waals surface area contributed by atoms with Gasteiger partial charge in [-0.15, -0.1) is 0 Å². The number of nitrogen functional groups attached to an aromatic ring is 1. The number of para-hydroxylation sites is 1. The maximum absolute atomic E-state index is 14.8. The lowest BCUT2D eigenvalue weighted by molar-refractivity contribution is -0.145. The molecule has 0 aliphatic heterocycles. The average molecular weight is 427 g/mol. The van der Waals surface area contributed by atoms with Crippen molar-refractivity contribution in [2.45, 2.75) is 6.18 Å². The van der Waals surface area contributed by atoms with E-state index in [0.29, 0.717) is 16.7 Å². The van der Waals surface area contributed by atoms with E-state index in [2.05, 4.69) is 19.9 Å². The standard InChI is InChI=1S/C21H13F4N5O/c22-16-9-12(5-6-14(16)13-10-28-20(26)29-11-13)15-3-1-2-4-17(15)31-18-7-8-27-19(30-18)21(23,24)25/h1-11H,(H2,26,28,29). The van der Waals surface area contributed by atoms with Gasteiger partial charge in [-0.25, -0.2) is 19.3 Å². The van der Waals surface area contributed by atoms with Gasteiger partial charge < -0.3 is 10.5 Å². The number of ether oxygens (including phenoxy) is 1. The summed E-state index contributed by atoms with van der Waals surface area (Å²) in [5.41, 5.74) is 7.10. The van der Waals surface area contributed by atoms with Crippen LogP contribution in [0.3, 0.4) is 0 Å². The summed E-state index contributed by atoms with van der Waals surface area (Å²) >= 11 is 0. The van der Waals surface area contributed by atoms with Crippen LogP contribution in [-0.4, -0.2) is 19.9 Å². The predicted molar refractivity (Wildman–Crippen MR) is 104 cm³/mol. The lowest BCUT2D eigenvalue weighted by Crippen LogP contribution is -2.10. The van der Waals surface area contributed by atoms with Crippen molar-refractivity contribution >= 4 is 5.95 Å². The van der Waals surface area contributed by atoms with Crippen LogP contribution in [0.15, 0.2) is 67.1 Å². The van der Waals surface area contributed by atoms with Crippen LogP contribution < -0.4 is 10.5 Å². The summed E-state index contributed by atoms with van der Waals surface area (Å²) in [6, 6.07) is 12.2. The minimum Gasteiger partial charge on any atom is -0.438 e. The van der Waals surface area contributed by atoms with Gasteiger partial charge in [-0.3, -0.25) is 0 Å². The van der Waals surface area contributed by atoms with Crippen molar-refractivity contribution in [3.05, 3.63) is 78.8 Å². The summed E-state index contributed by atoms with van der Waals surface area (Å²) in [5, 5.41) is 0. The third kappa shape index (κ3) is 4.42. The Morgan fingerprint density at radius 1 is 0.839 bits per heavy atom. The zero-order chi connectivity index (χ0) is 22.0. The molecule has 0 saturated carbocycles. The van der Waals surface area contributed by atoms with Crippen LogP contribution >= 0.6 is 0 Å². The molecular formula is C21H13F4N5O. The Labute approximate surface area is 173 Å². The fraction of sp³-hybridized carbons (Fsp3) is 0.0476. The van der Waals surface area contributed by atoms with Crippen molar-refractivity contribution in [2.75, 3.05) is 5.73 Å². The molecule has 0 radical (unpaired) electrons. The van der Waals surface area contributed by atoms with Crippen molar-refractivity contribution in [3.63, 3.8) is 0 Å². The number of alkyl halides is 3. The van der Waals surface area contributed by atoms with Gasteiger partial charge in [-0.1, -0.05) is 30.3 Å². The number of benzene rings is 2. The third-order valence-corrected chi connectivity index (χ3v) is 4.25. The van der Waals surface area contributed by atoms with Gasteiger partial charge in [0.05, 0.1) is 0 Å². The van der Waals surface area contributed by atoms with Crippen LogP contribution in [0.25, 0.3) is 22.3 Å². The number of hydrogen-bond acceptors (Lipinski definition) is 6. The number of anilines is 1. The molecule has 0 aliphatic carbocycles. The van der Waals surface area contributed by atoms with Crippen LogP contribution in [0.4, 0.5) is 23.5 Å². The van der Waals surface area contributed by atoms with Gasteiger partial charge in [-0.2, -0.15) is 18.2 Å². The summed E-state index contributed by atoms with van der Waals surface area (Å²) in [6.45, 7) is 0. The molecule has 2 N–H and O–H groups in total. The van der Waals surface area contributed by atoms with E-state index in [0.717, 1.165) is 6.20 Å². The summed E-state index contributed by atoms with van der Waals surface area (Å²) < 4.78 is 58.9. The molecule has 6 nitrogen and oxygen atoms in total. The normalized spacial score (nSPS) is 11.4. The monoisotopic (exact) mass is 427 g/mol. The first-order valence-electron chi connectivity index (χ1n) is 8.86. The topological polar surface area (TPSA) is 86.8 Å². The molecule has 31 heavy (non-hydrogen) atoms. The molecule has 0 bridgehead atoms. The second-order valence-electron chi connectivity index (χ2n) is 6.34. The van der Waals surface area contributed by atoms with Gasteiger partial charge in [-0.05, 0) is 17.7 Å². The van der Waals surface area contributed by atoms with Crippen LogP contribution in [0.2, 0.25) is 0 Å². The maximum atomic E-state index is 14.8. The molecule has 0 spiro atoms. The van der Waals surface area contributed by atoms with Gasteiger partial charge >= 0.3 is 6.18 Å².